The lowest BCUT2D eigenvalue weighted by Gasteiger charge is -2.23. The van der Waals surface area contributed by atoms with Gasteiger partial charge in [-0.1, -0.05) is 0 Å². The second kappa shape index (κ2) is 9.06. The highest BCUT2D eigenvalue weighted by Gasteiger charge is 2.18. The molecule has 2 aliphatic rings. The summed E-state index contributed by atoms with van der Waals surface area (Å²) in [6.45, 7) is 4.15. The van der Waals surface area contributed by atoms with Gasteiger partial charge in [0.1, 0.15) is 18.1 Å². The first kappa shape index (κ1) is 18.0. The third kappa shape index (κ3) is 5.34. The van der Waals surface area contributed by atoms with Crippen LogP contribution in [0.4, 0.5) is 0 Å². The largest absolute Gasteiger partial charge is 0.496 e. The van der Waals surface area contributed by atoms with Gasteiger partial charge in [-0.25, -0.2) is 0 Å². The summed E-state index contributed by atoms with van der Waals surface area (Å²) in [4.78, 5) is 13.9. The highest BCUT2D eigenvalue weighted by molar-refractivity contribution is 5.78. The second-order valence-corrected chi connectivity index (χ2v) is 6.69. The number of carbonyl (C=O) groups excluding carboxylic acids is 1. The van der Waals surface area contributed by atoms with Crippen molar-refractivity contribution in [1.29, 1.82) is 0 Å². The highest BCUT2D eigenvalue weighted by atomic mass is 16.5. The number of hydrogen-bond acceptors (Lipinski definition) is 5. The number of carbonyl (C=O) groups is 1. The predicted octanol–water partition coefficient (Wildman–Crippen LogP) is 1.96. The molecule has 0 saturated carbocycles. The molecular weight excluding hydrogens is 320 g/mol. The molecule has 1 atom stereocenters. The zero-order valence-electron chi connectivity index (χ0n) is 15.0. The maximum absolute atomic E-state index is 11.8. The van der Waals surface area contributed by atoms with Gasteiger partial charge in [0.25, 0.3) is 0 Å². The van der Waals surface area contributed by atoms with Crippen molar-refractivity contribution < 1.29 is 19.0 Å². The van der Waals surface area contributed by atoms with Gasteiger partial charge in [-0.2, -0.15) is 0 Å². The van der Waals surface area contributed by atoms with Gasteiger partial charge in [0.15, 0.2) is 0 Å². The molecule has 6 heteroatoms. The molecule has 2 saturated heterocycles. The minimum absolute atomic E-state index is 0.0818. The van der Waals surface area contributed by atoms with E-state index in [9.17, 15) is 4.79 Å². The SMILES string of the molecule is COc1ccc(OCC2CCCCO2)cc1CN1CCCNC(=O)C1. The van der Waals surface area contributed by atoms with E-state index in [1.165, 1.54) is 6.42 Å². The minimum atomic E-state index is 0.0818. The van der Waals surface area contributed by atoms with Crippen LogP contribution in [0.15, 0.2) is 18.2 Å². The Morgan fingerprint density at radius 1 is 1.32 bits per heavy atom. The number of nitrogens with one attached hydrogen (secondary N) is 1. The topological polar surface area (TPSA) is 60.0 Å². The molecule has 1 aromatic carbocycles. The predicted molar refractivity (Wildman–Crippen MR) is 95.0 cm³/mol. The zero-order chi connectivity index (χ0) is 17.5. The summed E-state index contributed by atoms with van der Waals surface area (Å²) in [6, 6.07) is 5.88. The third-order valence-electron chi connectivity index (χ3n) is 4.70. The number of rotatable bonds is 6. The fourth-order valence-corrected chi connectivity index (χ4v) is 3.34. The Morgan fingerprint density at radius 2 is 2.24 bits per heavy atom. The lowest BCUT2D eigenvalue weighted by molar-refractivity contribution is -0.121. The van der Waals surface area contributed by atoms with E-state index in [4.69, 9.17) is 14.2 Å². The third-order valence-corrected chi connectivity index (χ3v) is 4.70. The first-order chi connectivity index (χ1) is 12.2. The van der Waals surface area contributed by atoms with Gasteiger partial charge >= 0.3 is 0 Å². The average molecular weight is 348 g/mol. The van der Waals surface area contributed by atoms with E-state index in [0.29, 0.717) is 19.7 Å². The van der Waals surface area contributed by atoms with Crippen LogP contribution in [0.25, 0.3) is 0 Å². The number of nitrogens with zero attached hydrogens (tertiary/aromatic N) is 1. The summed E-state index contributed by atoms with van der Waals surface area (Å²) in [5, 5.41) is 2.91. The van der Waals surface area contributed by atoms with Gasteiger partial charge in [-0.15, -0.1) is 0 Å². The number of amides is 1. The van der Waals surface area contributed by atoms with Crippen LogP contribution >= 0.6 is 0 Å². The number of ether oxygens (including phenoxy) is 3. The smallest absolute Gasteiger partial charge is 0.234 e. The molecule has 0 spiro atoms. The van der Waals surface area contributed by atoms with Gasteiger partial charge in [0, 0.05) is 31.8 Å². The number of methoxy groups -OCH3 is 1. The van der Waals surface area contributed by atoms with E-state index >= 15 is 0 Å². The van der Waals surface area contributed by atoms with Crippen molar-refractivity contribution in [1.82, 2.24) is 10.2 Å². The Hall–Kier alpha value is -1.79. The summed E-state index contributed by atoms with van der Waals surface area (Å²) in [5.74, 6) is 1.73. The van der Waals surface area contributed by atoms with Gasteiger partial charge < -0.3 is 19.5 Å². The lowest BCUT2D eigenvalue weighted by Crippen LogP contribution is -2.32. The average Bonchev–Trinajstić information content (AvgIpc) is 2.85. The highest BCUT2D eigenvalue weighted by Crippen LogP contribution is 2.26. The molecule has 1 amide bonds. The Morgan fingerprint density at radius 3 is 3.04 bits per heavy atom. The van der Waals surface area contributed by atoms with Crippen molar-refractivity contribution in [3.8, 4) is 11.5 Å². The molecule has 2 fully saturated rings. The molecule has 1 N–H and O–H groups in total. The molecule has 0 radical (unpaired) electrons. The number of hydrogen-bond donors (Lipinski definition) is 1. The molecule has 0 bridgehead atoms. The van der Waals surface area contributed by atoms with Crippen molar-refractivity contribution in [2.45, 2.75) is 38.3 Å². The monoisotopic (exact) mass is 348 g/mol. The molecule has 0 aliphatic carbocycles. The fraction of sp³-hybridized carbons (Fsp3) is 0.632. The molecular formula is C19H28N2O4. The molecule has 2 heterocycles. The van der Waals surface area contributed by atoms with Crippen LogP contribution < -0.4 is 14.8 Å². The van der Waals surface area contributed by atoms with E-state index < -0.39 is 0 Å². The first-order valence-electron chi connectivity index (χ1n) is 9.15. The van der Waals surface area contributed by atoms with Crippen LogP contribution in [0.2, 0.25) is 0 Å². The normalized spacial score (nSPS) is 22.1. The fourth-order valence-electron chi connectivity index (χ4n) is 3.34. The molecule has 2 aliphatic heterocycles. The van der Waals surface area contributed by atoms with E-state index in [-0.39, 0.29) is 12.0 Å². The van der Waals surface area contributed by atoms with E-state index in [1.54, 1.807) is 7.11 Å². The molecule has 1 unspecified atom stereocenters. The molecule has 6 nitrogen and oxygen atoms in total. The Labute approximate surface area is 149 Å². The lowest BCUT2D eigenvalue weighted by atomic mass is 10.1. The first-order valence-corrected chi connectivity index (χ1v) is 9.15. The van der Waals surface area contributed by atoms with E-state index in [1.807, 2.05) is 18.2 Å². The van der Waals surface area contributed by atoms with Crippen molar-refractivity contribution in [2.75, 3.05) is 40.0 Å². The quantitative estimate of drug-likeness (QED) is 0.852. The van der Waals surface area contributed by atoms with E-state index in [0.717, 1.165) is 56.0 Å². The van der Waals surface area contributed by atoms with Crippen LogP contribution in [0.5, 0.6) is 11.5 Å². The Bertz CT molecular complexity index is 573. The standard InChI is InChI=1S/C19H28N2O4/c1-23-18-7-6-16(25-14-17-5-2-3-10-24-17)11-15(18)12-21-9-4-8-20-19(22)13-21/h6-7,11,17H,2-5,8-10,12-14H2,1H3,(H,20,22). The molecule has 0 aromatic heterocycles. The number of benzene rings is 1. The Kier molecular flexibility index (Phi) is 6.53. The molecule has 1 aromatic rings. The van der Waals surface area contributed by atoms with Crippen molar-refractivity contribution in [2.24, 2.45) is 0 Å². The van der Waals surface area contributed by atoms with Crippen molar-refractivity contribution in [3.63, 3.8) is 0 Å². The summed E-state index contributed by atoms with van der Waals surface area (Å²) in [7, 11) is 1.67. The van der Waals surface area contributed by atoms with Gasteiger partial charge in [-0.05, 0) is 43.9 Å². The van der Waals surface area contributed by atoms with Gasteiger partial charge in [-0.3, -0.25) is 9.69 Å². The summed E-state index contributed by atoms with van der Waals surface area (Å²) in [5.41, 5.74) is 1.04. The molecule has 3 rings (SSSR count). The van der Waals surface area contributed by atoms with Gasteiger partial charge in [0.2, 0.25) is 5.91 Å². The summed E-state index contributed by atoms with van der Waals surface area (Å²) >= 11 is 0. The second-order valence-electron chi connectivity index (χ2n) is 6.69. The van der Waals surface area contributed by atoms with Crippen molar-refractivity contribution in [3.05, 3.63) is 23.8 Å². The minimum Gasteiger partial charge on any atom is -0.496 e. The van der Waals surface area contributed by atoms with Crippen LogP contribution in [0.3, 0.4) is 0 Å². The summed E-state index contributed by atoms with van der Waals surface area (Å²) in [6.07, 6.45) is 4.56. The van der Waals surface area contributed by atoms with Gasteiger partial charge in [0.05, 0.1) is 19.8 Å². The maximum atomic E-state index is 11.8. The van der Waals surface area contributed by atoms with Crippen LogP contribution in [-0.4, -0.2) is 56.9 Å². The Balaban J connectivity index is 1.63. The van der Waals surface area contributed by atoms with Crippen LogP contribution in [-0.2, 0) is 16.1 Å². The molecule has 25 heavy (non-hydrogen) atoms. The molecule has 138 valence electrons. The van der Waals surface area contributed by atoms with Crippen LogP contribution in [0.1, 0.15) is 31.2 Å². The van der Waals surface area contributed by atoms with Crippen LogP contribution in [0, 0.1) is 0 Å². The maximum Gasteiger partial charge on any atom is 0.234 e. The van der Waals surface area contributed by atoms with Crippen molar-refractivity contribution >= 4 is 5.91 Å². The zero-order valence-corrected chi connectivity index (χ0v) is 15.0. The summed E-state index contributed by atoms with van der Waals surface area (Å²) < 4.78 is 17.1. The van der Waals surface area contributed by atoms with E-state index in [2.05, 4.69) is 10.2 Å².